The SMILES string of the molecule is COc1ccc(N(c2ccc(C#Cc3cc(C)ccc3C)cc2)c2ccc(OC)cc2)cc1. The monoisotopic (exact) mass is 433 g/mol. The van der Waals surface area contributed by atoms with Gasteiger partial charge < -0.3 is 14.4 Å². The Bertz CT molecular complexity index is 1230. The smallest absolute Gasteiger partial charge is 0.119 e. The van der Waals surface area contributed by atoms with Gasteiger partial charge in [-0.25, -0.2) is 0 Å². The van der Waals surface area contributed by atoms with Gasteiger partial charge in [-0.3, -0.25) is 0 Å². The Hall–Kier alpha value is -4.16. The van der Waals surface area contributed by atoms with E-state index in [0.29, 0.717) is 0 Å². The molecule has 0 aliphatic carbocycles. The molecule has 0 bridgehead atoms. The van der Waals surface area contributed by atoms with Crippen LogP contribution in [0.1, 0.15) is 22.3 Å². The number of anilines is 3. The quantitative estimate of drug-likeness (QED) is 0.311. The highest BCUT2D eigenvalue weighted by Gasteiger charge is 2.13. The zero-order chi connectivity index (χ0) is 23.2. The first kappa shape index (κ1) is 22.0. The second-order valence-corrected chi connectivity index (χ2v) is 7.85. The molecule has 3 nitrogen and oxygen atoms in total. The Kier molecular flexibility index (Phi) is 6.66. The van der Waals surface area contributed by atoms with Crippen LogP contribution in [-0.4, -0.2) is 14.2 Å². The number of rotatable bonds is 5. The number of hydrogen-bond acceptors (Lipinski definition) is 3. The third-order valence-corrected chi connectivity index (χ3v) is 5.52. The molecule has 0 atom stereocenters. The summed E-state index contributed by atoms with van der Waals surface area (Å²) in [7, 11) is 3.35. The van der Waals surface area contributed by atoms with Crippen molar-refractivity contribution in [3.8, 4) is 23.3 Å². The Morgan fingerprint density at radius 2 is 1.06 bits per heavy atom. The fourth-order valence-corrected chi connectivity index (χ4v) is 3.61. The van der Waals surface area contributed by atoms with Crippen molar-refractivity contribution < 1.29 is 9.47 Å². The molecule has 0 N–H and O–H groups in total. The molecule has 0 fully saturated rings. The predicted octanol–water partition coefficient (Wildman–Crippen LogP) is 7.19. The summed E-state index contributed by atoms with van der Waals surface area (Å²) in [6.45, 7) is 4.18. The lowest BCUT2D eigenvalue weighted by Gasteiger charge is -2.25. The fraction of sp³-hybridized carbons (Fsp3) is 0.133. The van der Waals surface area contributed by atoms with Gasteiger partial charge in [0, 0.05) is 28.2 Å². The van der Waals surface area contributed by atoms with E-state index in [0.717, 1.165) is 39.7 Å². The molecule has 0 amide bonds. The lowest BCUT2D eigenvalue weighted by molar-refractivity contribution is 0.415. The van der Waals surface area contributed by atoms with Crippen LogP contribution in [0.5, 0.6) is 11.5 Å². The van der Waals surface area contributed by atoms with Crippen LogP contribution in [-0.2, 0) is 0 Å². The van der Waals surface area contributed by atoms with Gasteiger partial charge in [-0.05, 0) is 104 Å². The van der Waals surface area contributed by atoms with Gasteiger partial charge >= 0.3 is 0 Å². The summed E-state index contributed by atoms with van der Waals surface area (Å²) < 4.78 is 10.7. The van der Waals surface area contributed by atoms with Crippen molar-refractivity contribution >= 4 is 17.1 Å². The topological polar surface area (TPSA) is 21.7 Å². The molecular weight excluding hydrogens is 406 g/mol. The van der Waals surface area contributed by atoms with Gasteiger partial charge in [-0.1, -0.05) is 24.0 Å². The maximum absolute atomic E-state index is 5.34. The van der Waals surface area contributed by atoms with Crippen molar-refractivity contribution in [1.29, 1.82) is 0 Å². The molecule has 0 saturated heterocycles. The van der Waals surface area contributed by atoms with Crippen LogP contribution in [0.2, 0.25) is 0 Å². The molecule has 4 aromatic rings. The Labute approximate surface area is 196 Å². The molecule has 4 aromatic carbocycles. The van der Waals surface area contributed by atoms with Crippen LogP contribution in [0, 0.1) is 25.7 Å². The lowest BCUT2D eigenvalue weighted by Crippen LogP contribution is -2.09. The van der Waals surface area contributed by atoms with Gasteiger partial charge in [0.25, 0.3) is 0 Å². The van der Waals surface area contributed by atoms with E-state index in [1.807, 2.05) is 24.3 Å². The van der Waals surface area contributed by atoms with Gasteiger partial charge in [0.2, 0.25) is 0 Å². The van der Waals surface area contributed by atoms with E-state index < -0.39 is 0 Å². The fourth-order valence-electron chi connectivity index (χ4n) is 3.61. The molecule has 0 radical (unpaired) electrons. The van der Waals surface area contributed by atoms with Crippen molar-refractivity contribution in [3.63, 3.8) is 0 Å². The third-order valence-electron chi connectivity index (χ3n) is 5.52. The number of hydrogen-bond donors (Lipinski definition) is 0. The van der Waals surface area contributed by atoms with Gasteiger partial charge in [-0.2, -0.15) is 0 Å². The van der Waals surface area contributed by atoms with Crippen LogP contribution in [0.15, 0.2) is 91.0 Å². The van der Waals surface area contributed by atoms with Gasteiger partial charge in [0.1, 0.15) is 11.5 Å². The summed E-state index contributed by atoms with van der Waals surface area (Å²) in [6, 6.07) is 30.8. The van der Waals surface area contributed by atoms with Crippen LogP contribution >= 0.6 is 0 Å². The molecule has 0 heterocycles. The third kappa shape index (κ3) is 5.19. The number of nitrogens with zero attached hydrogens (tertiary/aromatic N) is 1. The lowest BCUT2D eigenvalue weighted by atomic mass is 10.1. The van der Waals surface area contributed by atoms with E-state index in [9.17, 15) is 0 Å². The molecule has 164 valence electrons. The van der Waals surface area contributed by atoms with E-state index in [1.165, 1.54) is 11.1 Å². The minimum absolute atomic E-state index is 0.825. The number of benzene rings is 4. The van der Waals surface area contributed by atoms with Crippen LogP contribution < -0.4 is 14.4 Å². The van der Waals surface area contributed by atoms with Gasteiger partial charge in [0.15, 0.2) is 0 Å². The summed E-state index contributed by atoms with van der Waals surface area (Å²) in [5.74, 6) is 8.27. The van der Waals surface area contributed by atoms with Crippen molar-refractivity contribution in [2.45, 2.75) is 13.8 Å². The van der Waals surface area contributed by atoms with Crippen LogP contribution in [0.3, 0.4) is 0 Å². The Morgan fingerprint density at radius 1 is 0.576 bits per heavy atom. The predicted molar refractivity (Wildman–Crippen MR) is 136 cm³/mol. The molecule has 0 saturated carbocycles. The summed E-state index contributed by atoms with van der Waals surface area (Å²) in [5.41, 5.74) is 7.57. The minimum atomic E-state index is 0.825. The molecule has 4 rings (SSSR count). The molecule has 3 heteroatoms. The first-order valence-electron chi connectivity index (χ1n) is 10.8. The average Bonchev–Trinajstić information content (AvgIpc) is 2.86. The maximum Gasteiger partial charge on any atom is 0.119 e. The van der Waals surface area contributed by atoms with E-state index in [1.54, 1.807) is 14.2 Å². The van der Waals surface area contributed by atoms with E-state index in [-0.39, 0.29) is 0 Å². The minimum Gasteiger partial charge on any atom is -0.497 e. The van der Waals surface area contributed by atoms with E-state index in [4.69, 9.17) is 9.47 Å². The second kappa shape index (κ2) is 9.97. The highest BCUT2D eigenvalue weighted by molar-refractivity contribution is 5.77. The first-order valence-corrected chi connectivity index (χ1v) is 10.8. The highest BCUT2D eigenvalue weighted by atomic mass is 16.5. The zero-order valence-electron chi connectivity index (χ0n) is 19.4. The average molecular weight is 434 g/mol. The molecule has 0 aliphatic rings. The summed E-state index contributed by atoms with van der Waals surface area (Å²) in [6.07, 6.45) is 0. The van der Waals surface area contributed by atoms with Crippen molar-refractivity contribution in [2.24, 2.45) is 0 Å². The standard InChI is InChI=1S/C30H27NO2/c1-22-5-6-23(2)25(21-22)10-7-24-8-11-26(12-9-24)31(27-13-17-29(32-3)18-14-27)28-15-19-30(33-4)20-16-28/h5-6,8-9,11-21H,1-4H3. The zero-order valence-corrected chi connectivity index (χ0v) is 19.4. The molecule has 0 spiro atoms. The number of methoxy groups -OCH3 is 2. The summed E-state index contributed by atoms with van der Waals surface area (Å²) in [5, 5.41) is 0. The van der Waals surface area contributed by atoms with Crippen molar-refractivity contribution in [1.82, 2.24) is 0 Å². The van der Waals surface area contributed by atoms with Crippen LogP contribution in [0.4, 0.5) is 17.1 Å². The first-order chi connectivity index (χ1) is 16.1. The van der Waals surface area contributed by atoms with Crippen molar-refractivity contribution in [3.05, 3.63) is 113 Å². The number of ether oxygens (including phenoxy) is 2. The second-order valence-electron chi connectivity index (χ2n) is 7.85. The van der Waals surface area contributed by atoms with E-state index >= 15 is 0 Å². The Balaban J connectivity index is 1.68. The number of aryl methyl sites for hydroxylation is 2. The maximum atomic E-state index is 5.34. The molecule has 33 heavy (non-hydrogen) atoms. The van der Waals surface area contributed by atoms with E-state index in [2.05, 4.69) is 97.3 Å². The summed E-state index contributed by atoms with van der Waals surface area (Å²) in [4.78, 5) is 2.20. The van der Waals surface area contributed by atoms with Gasteiger partial charge in [-0.15, -0.1) is 0 Å². The Morgan fingerprint density at radius 3 is 1.55 bits per heavy atom. The molecule has 0 unspecified atom stereocenters. The largest absolute Gasteiger partial charge is 0.497 e. The summed E-state index contributed by atoms with van der Waals surface area (Å²) >= 11 is 0. The van der Waals surface area contributed by atoms with Crippen LogP contribution in [0.25, 0.3) is 0 Å². The van der Waals surface area contributed by atoms with Crippen molar-refractivity contribution in [2.75, 3.05) is 19.1 Å². The molecule has 0 aliphatic heterocycles. The van der Waals surface area contributed by atoms with Gasteiger partial charge in [0.05, 0.1) is 14.2 Å². The highest BCUT2D eigenvalue weighted by Crippen LogP contribution is 2.36. The molecule has 0 aromatic heterocycles. The normalized spacial score (nSPS) is 10.2. The molecular formula is C30H27NO2.